The van der Waals surface area contributed by atoms with Gasteiger partial charge in [0.15, 0.2) is 16.5 Å². The minimum atomic E-state index is -4.03. The smallest absolute Gasteiger partial charge is 0.270 e. The summed E-state index contributed by atoms with van der Waals surface area (Å²) in [6.45, 7) is 0. The molecule has 0 aliphatic carbocycles. The van der Waals surface area contributed by atoms with Gasteiger partial charge in [0.2, 0.25) is 0 Å². The Kier molecular flexibility index (Phi) is 5.22. The van der Waals surface area contributed by atoms with Gasteiger partial charge < -0.3 is 18.7 Å². The van der Waals surface area contributed by atoms with Crippen LogP contribution in [0.5, 0.6) is 17.2 Å². The number of nitrogens with one attached hydrogen (secondary N) is 1. The Morgan fingerprint density at radius 3 is 2.22 bits per heavy atom. The fourth-order valence-electron chi connectivity index (χ4n) is 2.51. The first-order valence-corrected chi connectivity index (χ1v) is 9.31. The summed E-state index contributed by atoms with van der Waals surface area (Å²) >= 11 is 0. The van der Waals surface area contributed by atoms with Crippen LogP contribution in [0.25, 0.3) is 11.3 Å². The first kappa shape index (κ1) is 18.6. The molecule has 1 N–H and O–H groups in total. The van der Waals surface area contributed by atoms with Crippen molar-refractivity contribution >= 4 is 15.8 Å². The number of rotatable bonds is 7. The highest BCUT2D eigenvalue weighted by Gasteiger charge is 2.26. The molecule has 0 aliphatic heterocycles. The summed E-state index contributed by atoms with van der Waals surface area (Å²) in [5.41, 5.74) is 0.696. The van der Waals surface area contributed by atoms with E-state index in [-0.39, 0.29) is 22.2 Å². The third-order valence-corrected chi connectivity index (χ3v) is 5.17. The van der Waals surface area contributed by atoms with Gasteiger partial charge in [0.05, 0.1) is 21.3 Å². The highest BCUT2D eigenvalue weighted by atomic mass is 32.2. The van der Waals surface area contributed by atoms with Gasteiger partial charge in [-0.15, -0.1) is 0 Å². The third kappa shape index (κ3) is 3.82. The van der Waals surface area contributed by atoms with E-state index in [1.165, 1.54) is 32.4 Å². The number of aromatic nitrogens is 1. The van der Waals surface area contributed by atoms with Crippen molar-refractivity contribution in [2.24, 2.45) is 0 Å². The fraction of sp³-hybridized carbons (Fsp3) is 0.167. The molecule has 0 amide bonds. The fourth-order valence-corrected chi connectivity index (χ4v) is 3.81. The van der Waals surface area contributed by atoms with Crippen molar-refractivity contribution in [1.29, 1.82) is 0 Å². The van der Waals surface area contributed by atoms with Crippen molar-refractivity contribution < 1.29 is 27.2 Å². The van der Waals surface area contributed by atoms with E-state index in [1.807, 2.05) is 0 Å². The molecule has 9 heteroatoms. The molecule has 2 aromatic carbocycles. The summed E-state index contributed by atoms with van der Waals surface area (Å²) in [5.74, 6) is 1.36. The Balaban J connectivity index is 1.93. The van der Waals surface area contributed by atoms with Gasteiger partial charge in [-0.05, 0) is 24.3 Å². The number of anilines is 1. The maximum absolute atomic E-state index is 12.8. The minimum absolute atomic E-state index is 0.0285. The van der Waals surface area contributed by atoms with Crippen molar-refractivity contribution in [3.63, 3.8) is 0 Å². The zero-order valence-corrected chi connectivity index (χ0v) is 15.7. The second-order valence-corrected chi connectivity index (χ2v) is 7.02. The molecule has 0 aliphatic rings. The third-order valence-electron chi connectivity index (χ3n) is 3.75. The van der Waals surface area contributed by atoms with Crippen molar-refractivity contribution in [3.8, 4) is 28.6 Å². The van der Waals surface area contributed by atoms with Crippen LogP contribution in [0.3, 0.4) is 0 Å². The van der Waals surface area contributed by atoms with Crippen LogP contribution in [0.2, 0.25) is 0 Å². The lowest BCUT2D eigenvalue weighted by Gasteiger charge is -2.13. The van der Waals surface area contributed by atoms with Crippen LogP contribution >= 0.6 is 0 Å². The van der Waals surface area contributed by atoms with Gasteiger partial charge in [0.1, 0.15) is 17.2 Å². The van der Waals surface area contributed by atoms with E-state index < -0.39 is 10.0 Å². The number of methoxy groups -OCH3 is 3. The van der Waals surface area contributed by atoms with E-state index in [0.29, 0.717) is 17.1 Å². The van der Waals surface area contributed by atoms with Crippen molar-refractivity contribution in [1.82, 2.24) is 5.16 Å². The molecule has 0 bridgehead atoms. The average molecular weight is 390 g/mol. The van der Waals surface area contributed by atoms with Crippen LogP contribution in [0, 0.1) is 0 Å². The van der Waals surface area contributed by atoms with Crippen molar-refractivity contribution in [2.75, 3.05) is 26.1 Å². The molecule has 0 unspecified atom stereocenters. The lowest BCUT2D eigenvalue weighted by Crippen LogP contribution is -2.15. The summed E-state index contributed by atoms with van der Waals surface area (Å²) in [4.78, 5) is -0.124. The first-order chi connectivity index (χ1) is 13.0. The number of benzene rings is 2. The monoisotopic (exact) mass is 390 g/mol. The molecule has 8 nitrogen and oxygen atoms in total. The summed E-state index contributed by atoms with van der Waals surface area (Å²) in [6.07, 6.45) is 0. The van der Waals surface area contributed by atoms with Gasteiger partial charge in [0.25, 0.3) is 10.0 Å². The molecule has 27 heavy (non-hydrogen) atoms. The van der Waals surface area contributed by atoms with E-state index >= 15 is 0 Å². The number of hydrogen-bond acceptors (Lipinski definition) is 7. The SMILES string of the molecule is COc1cccc(-c2cc(NS(=O)(=O)c3c(OC)cccc3OC)no2)c1. The minimum Gasteiger partial charge on any atom is -0.497 e. The molecule has 142 valence electrons. The van der Waals surface area contributed by atoms with Crippen LogP contribution in [-0.4, -0.2) is 34.9 Å². The van der Waals surface area contributed by atoms with E-state index in [2.05, 4.69) is 9.88 Å². The molecule has 0 radical (unpaired) electrons. The largest absolute Gasteiger partial charge is 0.497 e. The number of ether oxygens (including phenoxy) is 3. The standard InChI is InChI=1S/C18H18N2O6S/c1-23-13-7-4-6-12(10-13)16-11-17(19-26-16)20-27(21,22)18-14(24-2)8-5-9-15(18)25-3/h4-11H,1-3H3,(H,19,20). The predicted octanol–water partition coefficient (Wildman–Crippen LogP) is 3.17. The van der Waals surface area contributed by atoms with Crippen LogP contribution in [0.15, 0.2) is 57.9 Å². The summed E-state index contributed by atoms with van der Waals surface area (Å²) in [6, 6.07) is 13.3. The van der Waals surface area contributed by atoms with E-state index in [9.17, 15) is 8.42 Å². The highest BCUT2D eigenvalue weighted by Crippen LogP contribution is 2.34. The zero-order valence-electron chi connectivity index (χ0n) is 14.9. The Morgan fingerprint density at radius 1 is 0.926 bits per heavy atom. The topological polar surface area (TPSA) is 99.9 Å². The highest BCUT2D eigenvalue weighted by molar-refractivity contribution is 7.93. The average Bonchev–Trinajstić information content (AvgIpc) is 3.15. The molecule has 1 heterocycles. The van der Waals surface area contributed by atoms with Gasteiger partial charge in [0, 0.05) is 11.6 Å². The Labute approximate surface area is 156 Å². The maximum atomic E-state index is 12.8. The van der Waals surface area contributed by atoms with Gasteiger partial charge in [-0.25, -0.2) is 8.42 Å². The molecule has 0 atom stereocenters. The van der Waals surface area contributed by atoms with Gasteiger partial charge >= 0.3 is 0 Å². The van der Waals surface area contributed by atoms with E-state index in [1.54, 1.807) is 37.4 Å². The Bertz CT molecular complexity index is 1020. The number of sulfonamides is 1. The number of nitrogens with zero attached hydrogens (tertiary/aromatic N) is 1. The van der Waals surface area contributed by atoms with Gasteiger partial charge in [-0.3, -0.25) is 4.72 Å². The molecule has 0 spiro atoms. The van der Waals surface area contributed by atoms with Crippen LogP contribution in [0.1, 0.15) is 0 Å². The van der Waals surface area contributed by atoms with Crippen molar-refractivity contribution in [3.05, 3.63) is 48.5 Å². The maximum Gasteiger partial charge on any atom is 0.270 e. The van der Waals surface area contributed by atoms with Crippen LogP contribution in [-0.2, 0) is 10.0 Å². The van der Waals surface area contributed by atoms with E-state index in [0.717, 1.165) is 0 Å². The molecule has 0 saturated heterocycles. The van der Waals surface area contributed by atoms with Crippen molar-refractivity contribution in [2.45, 2.75) is 4.90 Å². The lowest BCUT2D eigenvalue weighted by molar-refractivity contribution is 0.373. The molecule has 3 rings (SSSR count). The molecule has 0 saturated carbocycles. The lowest BCUT2D eigenvalue weighted by atomic mass is 10.1. The summed E-state index contributed by atoms with van der Waals surface area (Å²) in [7, 11) is 0.287. The quantitative estimate of drug-likeness (QED) is 0.661. The molecule has 1 aromatic heterocycles. The predicted molar refractivity (Wildman–Crippen MR) is 98.8 cm³/mol. The number of hydrogen-bond donors (Lipinski definition) is 1. The summed E-state index contributed by atoms with van der Waals surface area (Å²) in [5, 5.41) is 3.78. The van der Waals surface area contributed by atoms with Crippen LogP contribution in [0.4, 0.5) is 5.82 Å². The second kappa shape index (κ2) is 7.58. The van der Waals surface area contributed by atoms with Gasteiger partial charge in [-0.1, -0.05) is 23.4 Å². The Morgan fingerprint density at radius 2 is 1.59 bits per heavy atom. The van der Waals surface area contributed by atoms with E-state index in [4.69, 9.17) is 18.7 Å². The molecule has 0 fully saturated rings. The van der Waals surface area contributed by atoms with Gasteiger partial charge in [-0.2, -0.15) is 0 Å². The Hall–Kier alpha value is -3.20. The summed E-state index contributed by atoms with van der Waals surface area (Å²) < 4.78 is 48.8. The molecule has 3 aromatic rings. The molecular formula is C18H18N2O6S. The zero-order chi connectivity index (χ0) is 19.4. The molecular weight excluding hydrogens is 372 g/mol. The normalized spacial score (nSPS) is 11.1. The first-order valence-electron chi connectivity index (χ1n) is 7.83. The van der Waals surface area contributed by atoms with Crippen LogP contribution < -0.4 is 18.9 Å². The second-order valence-electron chi connectivity index (χ2n) is 5.41.